The van der Waals surface area contributed by atoms with Crippen molar-refractivity contribution in [3.05, 3.63) is 12.2 Å². The fraction of sp³-hybridized carbons (Fsp3) is 0.842. The molecule has 3 rings (SSSR count). The van der Waals surface area contributed by atoms with Gasteiger partial charge in [-0.1, -0.05) is 27.2 Å². The van der Waals surface area contributed by atoms with Crippen molar-refractivity contribution in [1.29, 1.82) is 0 Å². The molecule has 154 valence electrons. The number of aromatic amines is 1. The molecule has 0 aromatic carbocycles. The number of rotatable bonds is 6. The molecule has 2 atom stereocenters. The van der Waals surface area contributed by atoms with Crippen molar-refractivity contribution in [1.82, 2.24) is 25.4 Å². The van der Waals surface area contributed by atoms with E-state index in [4.69, 9.17) is 4.74 Å². The zero-order chi connectivity index (χ0) is 18.6. The number of aliphatic imine (C=N–C) groups is 1. The number of piperidine rings is 1. The maximum Gasteiger partial charge on any atom is 0.193 e. The van der Waals surface area contributed by atoms with Gasteiger partial charge in [0.1, 0.15) is 12.2 Å². The summed E-state index contributed by atoms with van der Waals surface area (Å²) < 4.78 is 6.07. The Morgan fingerprint density at radius 1 is 1.41 bits per heavy atom. The number of halogens is 1. The van der Waals surface area contributed by atoms with Crippen LogP contribution in [0, 0.1) is 5.41 Å². The Morgan fingerprint density at radius 2 is 2.15 bits per heavy atom. The monoisotopic (exact) mass is 490 g/mol. The first kappa shape index (κ1) is 22.4. The van der Waals surface area contributed by atoms with E-state index < -0.39 is 0 Å². The normalized spacial score (nSPS) is 25.6. The molecule has 0 amide bonds. The summed E-state index contributed by atoms with van der Waals surface area (Å²) >= 11 is 0. The first-order chi connectivity index (χ1) is 12.6. The van der Waals surface area contributed by atoms with Crippen molar-refractivity contribution in [2.75, 3.05) is 26.7 Å². The molecule has 1 aromatic rings. The molecule has 1 saturated heterocycles. The van der Waals surface area contributed by atoms with E-state index in [2.05, 4.69) is 51.2 Å². The third kappa shape index (κ3) is 5.13. The summed E-state index contributed by atoms with van der Waals surface area (Å²) in [6.07, 6.45) is 7.49. The van der Waals surface area contributed by atoms with Gasteiger partial charge in [0, 0.05) is 44.1 Å². The van der Waals surface area contributed by atoms with E-state index in [1.807, 2.05) is 7.05 Å². The number of unbranched alkanes of at least 4 members (excludes halogenated alkanes) is 1. The van der Waals surface area contributed by atoms with Crippen molar-refractivity contribution in [3.8, 4) is 0 Å². The third-order valence-electron chi connectivity index (χ3n) is 6.12. The molecule has 2 aliphatic rings. The topological polar surface area (TPSA) is 78.4 Å². The van der Waals surface area contributed by atoms with Gasteiger partial charge in [-0.2, -0.15) is 5.10 Å². The van der Waals surface area contributed by atoms with Crippen LogP contribution in [0.4, 0.5) is 0 Å². The molecule has 27 heavy (non-hydrogen) atoms. The molecule has 1 aliphatic carbocycles. The van der Waals surface area contributed by atoms with Crippen molar-refractivity contribution < 1.29 is 4.74 Å². The van der Waals surface area contributed by atoms with Gasteiger partial charge in [-0.05, 0) is 25.7 Å². The second-order valence-electron chi connectivity index (χ2n) is 8.15. The molecule has 8 heteroatoms. The lowest BCUT2D eigenvalue weighted by molar-refractivity contribution is -0.114. The smallest absolute Gasteiger partial charge is 0.193 e. The van der Waals surface area contributed by atoms with Gasteiger partial charge < -0.3 is 15.0 Å². The van der Waals surface area contributed by atoms with Crippen LogP contribution in [-0.4, -0.2) is 64.9 Å². The molecule has 1 aliphatic heterocycles. The fourth-order valence-electron chi connectivity index (χ4n) is 4.01. The Bertz CT molecular complexity index is 583. The summed E-state index contributed by atoms with van der Waals surface area (Å²) in [5.41, 5.74) is 0.141. The summed E-state index contributed by atoms with van der Waals surface area (Å²) in [6, 6.07) is 0.417. The first-order valence-electron chi connectivity index (χ1n) is 10.0. The van der Waals surface area contributed by atoms with Crippen LogP contribution in [0.25, 0.3) is 0 Å². The van der Waals surface area contributed by atoms with Crippen LogP contribution in [-0.2, 0) is 4.74 Å². The molecule has 0 radical (unpaired) electrons. The number of nitrogens with one attached hydrogen (secondary N) is 2. The van der Waals surface area contributed by atoms with Gasteiger partial charge in [-0.25, -0.2) is 4.98 Å². The molecule has 2 unspecified atom stereocenters. The van der Waals surface area contributed by atoms with Crippen LogP contribution < -0.4 is 5.32 Å². The van der Waals surface area contributed by atoms with Crippen LogP contribution >= 0.6 is 24.0 Å². The summed E-state index contributed by atoms with van der Waals surface area (Å²) in [4.78, 5) is 11.2. The summed E-state index contributed by atoms with van der Waals surface area (Å²) in [5.74, 6) is 2.51. The van der Waals surface area contributed by atoms with Gasteiger partial charge in [-0.3, -0.25) is 10.1 Å². The highest BCUT2D eigenvalue weighted by Gasteiger charge is 2.49. The van der Waals surface area contributed by atoms with Crippen LogP contribution in [0.2, 0.25) is 0 Å². The zero-order valence-electron chi connectivity index (χ0n) is 17.1. The van der Waals surface area contributed by atoms with Crippen LogP contribution in [0.3, 0.4) is 0 Å². The molecular weight excluding hydrogens is 455 g/mol. The SMILES string of the molecule is CCCCOC1CC(NC(=NC)N2CCC(c3ncn[nH]3)CC2)C1(C)C.I. The van der Waals surface area contributed by atoms with E-state index in [-0.39, 0.29) is 29.4 Å². The number of H-pyrrole nitrogens is 1. The van der Waals surface area contributed by atoms with Crippen molar-refractivity contribution in [3.63, 3.8) is 0 Å². The molecule has 0 spiro atoms. The van der Waals surface area contributed by atoms with E-state index in [1.54, 1.807) is 6.33 Å². The maximum absolute atomic E-state index is 6.07. The largest absolute Gasteiger partial charge is 0.378 e. The second kappa shape index (κ2) is 10.0. The van der Waals surface area contributed by atoms with E-state index in [1.165, 1.54) is 6.42 Å². The van der Waals surface area contributed by atoms with E-state index in [0.717, 1.165) is 57.2 Å². The number of aromatic nitrogens is 3. The number of ether oxygens (including phenoxy) is 1. The summed E-state index contributed by atoms with van der Waals surface area (Å²) in [6.45, 7) is 9.67. The van der Waals surface area contributed by atoms with Gasteiger partial charge >= 0.3 is 0 Å². The maximum atomic E-state index is 6.07. The molecule has 2 heterocycles. The van der Waals surface area contributed by atoms with E-state index in [9.17, 15) is 0 Å². The molecule has 2 N–H and O–H groups in total. The Morgan fingerprint density at radius 3 is 2.70 bits per heavy atom. The Balaban J connectivity index is 0.00000261. The predicted molar refractivity (Wildman–Crippen MR) is 119 cm³/mol. The van der Waals surface area contributed by atoms with E-state index >= 15 is 0 Å². The van der Waals surface area contributed by atoms with Crippen LogP contribution in [0.15, 0.2) is 11.3 Å². The summed E-state index contributed by atoms with van der Waals surface area (Å²) in [5, 5.41) is 10.7. The van der Waals surface area contributed by atoms with Gasteiger partial charge in [0.2, 0.25) is 0 Å². The average Bonchev–Trinajstić information content (AvgIpc) is 3.18. The van der Waals surface area contributed by atoms with Gasteiger partial charge in [-0.15, -0.1) is 24.0 Å². The molecule has 1 saturated carbocycles. The minimum Gasteiger partial charge on any atom is -0.378 e. The zero-order valence-corrected chi connectivity index (χ0v) is 19.4. The average molecular weight is 490 g/mol. The van der Waals surface area contributed by atoms with Crippen LogP contribution in [0.5, 0.6) is 0 Å². The quantitative estimate of drug-likeness (QED) is 0.277. The first-order valence-corrected chi connectivity index (χ1v) is 10.0. The Kier molecular flexibility index (Phi) is 8.33. The molecule has 2 fully saturated rings. The van der Waals surface area contributed by atoms with Gasteiger partial charge in [0.15, 0.2) is 5.96 Å². The second-order valence-corrected chi connectivity index (χ2v) is 8.15. The van der Waals surface area contributed by atoms with Crippen molar-refractivity contribution >= 4 is 29.9 Å². The minimum atomic E-state index is 0. The lowest BCUT2D eigenvalue weighted by Gasteiger charge is -2.52. The standard InChI is InChI=1S/C19H34N6O.HI/c1-5-6-11-26-16-12-15(19(16,2)3)23-18(20-4)25-9-7-14(8-10-25)17-21-13-22-24-17;/h13-16H,5-12H2,1-4H3,(H,20,23)(H,21,22,24);1H. The highest BCUT2D eigenvalue weighted by Crippen LogP contribution is 2.43. The van der Waals surface area contributed by atoms with E-state index in [0.29, 0.717) is 18.1 Å². The fourth-order valence-corrected chi connectivity index (χ4v) is 4.01. The lowest BCUT2D eigenvalue weighted by Crippen LogP contribution is -2.64. The highest BCUT2D eigenvalue weighted by molar-refractivity contribution is 14.0. The van der Waals surface area contributed by atoms with Crippen LogP contribution in [0.1, 0.15) is 64.6 Å². The Hall–Kier alpha value is -0.900. The number of nitrogens with zero attached hydrogens (tertiary/aromatic N) is 4. The number of guanidine groups is 1. The highest BCUT2D eigenvalue weighted by atomic mass is 127. The number of likely N-dealkylation sites (tertiary alicyclic amines) is 1. The summed E-state index contributed by atoms with van der Waals surface area (Å²) in [7, 11) is 1.88. The minimum absolute atomic E-state index is 0. The molecule has 0 bridgehead atoms. The number of hydrogen-bond acceptors (Lipinski definition) is 4. The third-order valence-corrected chi connectivity index (χ3v) is 6.12. The van der Waals surface area contributed by atoms with Gasteiger partial charge in [0.05, 0.1) is 6.10 Å². The lowest BCUT2D eigenvalue weighted by atomic mass is 9.64. The molecule has 1 aromatic heterocycles. The predicted octanol–water partition coefficient (Wildman–Crippen LogP) is 3.16. The van der Waals surface area contributed by atoms with Crippen molar-refractivity contribution in [2.24, 2.45) is 10.4 Å². The van der Waals surface area contributed by atoms with Crippen molar-refractivity contribution in [2.45, 2.75) is 70.9 Å². The molecule has 7 nitrogen and oxygen atoms in total. The number of hydrogen-bond donors (Lipinski definition) is 2. The molecular formula is C19H35IN6O. The van der Waals surface area contributed by atoms with Gasteiger partial charge in [0.25, 0.3) is 0 Å². The Labute approximate surface area is 180 Å².